The van der Waals surface area contributed by atoms with Gasteiger partial charge in [0.25, 0.3) is 0 Å². The Balaban J connectivity index is 1.69. The van der Waals surface area contributed by atoms with Crippen LogP contribution in [0.4, 0.5) is 13.2 Å². The van der Waals surface area contributed by atoms with Crippen molar-refractivity contribution in [3.63, 3.8) is 0 Å². The Labute approximate surface area is 151 Å². The van der Waals surface area contributed by atoms with Gasteiger partial charge in [-0.25, -0.2) is 4.98 Å². The van der Waals surface area contributed by atoms with Crippen molar-refractivity contribution in [2.45, 2.75) is 19.0 Å². The highest BCUT2D eigenvalue weighted by molar-refractivity contribution is 7.13. The van der Waals surface area contributed by atoms with Crippen molar-refractivity contribution < 1.29 is 27.9 Å². The van der Waals surface area contributed by atoms with Gasteiger partial charge in [0.05, 0.1) is 23.6 Å². The van der Waals surface area contributed by atoms with Crippen molar-refractivity contribution in [2.24, 2.45) is 5.92 Å². The normalized spacial score (nSPS) is 17.5. The molecule has 1 unspecified atom stereocenters. The zero-order valence-electron chi connectivity index (χ0n) is 13.5. The van der Waals surface area contributed by atoms with Crippen LogP contribution in [0.25, 0.3) is 10.6 Å². The van der Waals surface area contributed by atoms with E-state index in [1.807, 2.05) is 0 Å². The molecule has 0 aliphatic carbocycles. The summed E-state index contributed by atoms with van der Waals surface area (Å²) in [6.45, 7) is 0.569. The minimum Gasteiger partial charge on any atom is -0.481 e. The summed E-state index contributed by atoms with van der Waals surface area (Å²) in [7, 11) is 0. The van der Waals surface area contributed by atoms with Crippen LogP contribution in [0, 0.1) is 5.92 Å². The van der Waals surface area contributed by atoms with Gasteiger partial charge in [-0.15, -0.1) is 11.3 Å². The molecule has 5 nitrogen and oxygen atoms in total. The van der Waals surface area contributed by atoms with E-state index in [2.05, 4.69) is 4.98 Å². The number of carboxylic acids is 1. The topological polar surface area (TPSA) is 70.5 Å². The summed E-state index contributed by atoms with van der Waals surface area (Å²) in [5.41, 5.74) is 0.0569. The molecule has 0 spiro atoms. The summed E-state index contributed by atoms with van der Waals surface area (Å²) in [4.78, 5) is 29.0. The van der Waals surface area contributed by atoms with Crippen LogP contribution < -0.4 is 0 Å². The number of carboxylic acid groups (broad SMARTS) is 1. The van der Waals surface area contributed by atoms with Crippen LogP contribution in [0.5, 0.6) is 0 Å². The van der Waals surface area contributed by atoms with Crippen molar-refractivity contribution in [1.82, 2.24) is 9.88 Å². The van der Waals surface area contributed by atoms with Crippen molar-refractivity contribution in [3.05, 3.63) is 40.9 Å². The summed E-state index contributed by atoms with van der Waals surface area (Å²) < 4.78 is 38.4. The van der Waals surface area contributed by atoms with Gasteiger partial charge < -0.3 is 10.0 Å². The van der Waals surface area contributed by atoms with Crippen LogP contribution in [0.1, 0.15) is 17.7 Å². The molecule has 9 heteroatoms. The number of benzene rings is 1. The first-order chi connectivity index (χ1) is 12.2. The number of carbonyl (C=O) groups excluding carboxylic acids is 1. The first-order valence-electron chi connectivity index (χ1n) is 7.86. The fourth-order valence-corrected chi connectivity index (χ4v) is 3.62. The summed E-state index contributed by atoms with van der Waals surface area (Å²) in [5, 5.41) is 11.0. The van der Waals surface area contributed by atoms with E-state index in [0.717, 1.165) is 12.1 Å². The molecule has 1 aliphatic rings. The maximum Gasteiger partial charge on any atom is 0.416 e. The van der Waals surface area contributed by atoms with Crippen LogP contribution in [0.15, 0.2) is 29.6 Å². The fourth-order valence-electron chi connectivity index (χ4n) is 2.80. The lowest BCUT2D eigenvalue weighted by Crippen LogP contribution is -2.31. The molecule has 1 amide bonds. The first kappa shape index (κ1) is 18.4. The maximum atomic E-state index is 12.8. The van der Waals surface area contributed by atoms with E-state index in [9.17, 15) is 22.8 Å². The smallest absolute Gasteiger partial charge is 0.416 e. The molecule has 0 radical (unpaired) electrons. The number of alkyl halides is 3. The molecule has 138 valence electrons. The number of aromatic nitrogens is 1. The van der Waals surface area contributed by atoms with Crippen LogP contribution in [0.2, 0.25) is 0 Å². The number of nitrogens with zero attached hydrogens (tertiary/aromatic N) is 2. The van der Waals surface area contributed by atoms with Crippen molar-refractivity contribution in [2.75, 3.05) is 13.1 Å². The van der Waals surface area contributed by atoms with Gasteiger partial charge in [-0.3, -0.25) is 9.59 Å². The maximum absolute atomic E-state index is 12.8. The van der Waals surface area contributed by atoms with Gasteiger partial charge in [0.1, 0.15) is 5.01 Å². The molecule has 1 fully saturated rings. The van der Waals surface area contributed by atoms with Crippen molar-refractivity contribution >= 4 is 23.2 Å². The molecular formula is C17H15F3N2O3S. The number of likely N-dealkylation sites (tertiary alicyclic amines) is 1. The minimum atomic E-state index is -4.43. The second kappa shape index (κ2) is 7.06. The largest absolute Gasteiger partial charge is 0.481 e. The van der Waals surface area contributed by atoms with Gasteiger partial charge in [0, 0.05) is 24.0 Å². The average Bonchev–Trinajstić information content (AvgIpc) is 3.23. The second-order valence-electron chi connectivity index (χ2n) is 6.06. The molecule has 3 rings (SSSR count). The quantitative estimate of drug-likeness (QED) is 0.878. The third kappa shape index (κ3) is 4.04. The van der Waals surface area contributed by atoms with Gasteiger partial charge in [-0.05, 0) is 18.6 Å². The summed E-state index contributed by atoms with van der Waals surface area (Å²) in [6.07, 6.45) is -4.00. The van der Waals surface area contributed by atoms with Gasteiger partial charge in [0.2, 0.25) is 5.91 Å². The number of halogens is 3. The molecule has 2 heterocycles. The SMILES string of the molecule is O=C(O)C1CCN(C(=O)Cc2csc(-c3cccc(C(F)(F)F)c3)n2)C1. The highest BCUT2D eigenvalue weighted by Gasteiger charge is 2.32. The second-order valence-corrected chi connectivity index (χ2v) is 6.92. The molecule has 1 saturated heterocycles. The Bertz CT molecular complexity index is 835. The number of rotatable bonds is 4. The summed E-state index contributed by atoms with van der Waals surface area (Å²) >= 11 is 1.17. The minimum absolute atomic E-state index is 0.00179. The molecule has 2 aromatic rings. The van der Waals surface area contributed by atoms with Crippen LogP contribution >= 0.6 is 11.3 Å². The number of hydrogen-bond donors (Lipinski definition) is 1. The Kier molecular flexibility index (Phi) is 4.99. The van der Waals surface area contributed by atoms with Gasteiger partial charge in [-0.2, -0.15) is 13.2 Å². The Hall–Kier alpha value is -2.42. The van der Waals surface area contributed by atoms with Gasteiger partial charge >= 0.3 is 12.1 Å². The van der Waals surface area contributed by atoms with E-state index in [0.29, 0.717) is 29.2 Å². The van der Waals surface area contributed by atoms with Gasteiger partial charge in [0.15, 0.2) is 0 Å². The van der Waals surface area contributed by atoms with Crippen molar-refractivity contribution in [3.8, 4) is 10.6 Å². The Morgan fingerprint density at radius 1 is 1.35 bits per heavy atom. The molecule has 1 aromatic carbocycles. The molecule has 1 aliphatic heterocycles. The Morgan fingerprint density at radius 2 is 2.12 bits per heavy atom. The average molecular weight is 384 g/mol. The lowest BCUT2D eigenvalue weighted by atomic mass is 10.1. The predicted octanol–water partition coefficient (Wildman–Crippen LogP) is 3.30. The number of thiazole rings is 1. The highest BCUT2D eigenvalue weighted by atomic mass is 32.1. The Morgan fingerprint density at radius 3 is 2.77 bits per heavy atom. The van der Waals surface area contributed by atoms with E-state index in [-0.39, 0.29) is 18.9 Å². The van der Waals surface area contributed by atoms with Crippen molar-refractivity contribution in [1.29, 1.82) is 0 Å². The van der Waals surface area contributed by atoms with E-state index in [1.165, 1.54) is 28.4 Å². The molecule has 1 aromatic heterocycles. The highest BCUT2D eigenvalue weighted by Crippen LogP contribution is 2.33. The van der Waals surface area contributed by atoms with E-state index < -0.39 is 23.6 Å². The third-order valence-corrected chi connectivity index (χ3v) is 5.15. The predicted molar refractivity (Wildman–Crippen MR) is 88.6 cm³/mol. The molecule has 0 bridgehead atoms. The summed E-state index contributed by atoms with van der Waals surface area (Å²) in [5.74, 6) is -1.69. The molecule has 1 N–H and O–H groups in total. The zero-order valence-corrected chi connectivity index (χ0v) is 14.3. The molecule has 26 heavy (non-hydrogen) atoms. The van der Waals surface area contributed by atoms with E-state index in [4.69, 9.17) is 5.11 Å². The molecular weight excluding hydrogens is 369 g/mol. The van der Waals surface area contributed by atoms with Crippen LogP contribution in [-0.4, -0.2) is 40.0 Å². The molecule has 1 atom stereocenters. The van der Waals surface area contributed by atoms with E-state index >= 15 is 0 Å². The summed E-state index contributed by atoms with van der Waals surface area (Å²) in [6, 6.07) is 4.88. The fraction of sp³-hybridized carbons (Fsp3) is 0.353. The number of carbonyl (C=O) groups is 2. The lowest BCUT2D eigenvalue weighted by molar-refractivity contribution is -0.141. The van der Waals surface area contributed by atoms with Gasteiger partial charge in [-0.1, -0.05) is 12.1 Å². The van der Waals surface area contributed by atoms with Crippen LogP contribution in [-0.2, 0) is 22.2 Å². The third-order valence-electron chi connectivity index (χ3n) is 4.21. The lowest BCUT2D eigenvalue weighted by Gasteiger charge is -2.14. The van der Waals surface area contributed by atoms with E-state index in [1.54, 1.807) is 5.38 Å². The molecule has 0 saturated carbocycles. The standard InChI is InChI=1S/C17H15F3N2O3S/c18-17(19,20)12-3-1-2-10(6-12)15-21-13(9-26-15)7-14(23)22-5-4-11(8-22)16(24)25/h1-3,6,9,11H,4-5,7-8H2,(H,24,25). The first-order valence-corrected chi connectivity index (χ1v) is 8.74. The number of aliphatic carboxylic acids is 1. The monoisotopic (exact) mass is 384 g/mol. The number of hydrogen-bond acceptors (Lipinski definition) is 4. The number of amides is 1. The zero-order chi connectivity index (χ0) is 18.9. The van der Waals surface area contributed by atoms with Crippen LogP contribution in [0.3, 0.4) is 0 Å².